The first-order chi connectivity index (χ1) is 9.96. The molecule has 21 heavy (non-hydrogen) atoms. The Bertz CT molecular complexity index is 762. The Morgan fingerprint density at radius 1 is 0.714 bits per heavy atom. The normalized spacial score (nSPS) is 10.1. The highest BCUT2D eigenvalue weighted by molar-refractivity contribution is 14.1. The Balaban J connectivity index is 2.38. The van der Waals surface area contributed by atoms with Crippen molar-refractivity contribution in [3.05, 3.63) is 68.8 Å². The van der Waals surface area contributed by atoms with Gasteiger partial charge in [-0.05, 0) is 46.9 Å². The third-order valence-electron chi connectivity index (χ3n) is 2.70. The van der Waals surface area contributed by atoms with Gasteiger partial charge in [-0.15, -0.1) is 5.54 Å². The molecule has 0 amide bonds. The van der Waals surface area contributed by atoms with Crippen LogP contribution in [-0.2, 0) is 0 Å². The molecule has 0 spiro atoms. The number of hydrogen-bond acceptors (Lipinski definition) is 0. The molecule has 0 heterocycles. The van der Waals surface area contributed by atoms with Crippen molar-refractivity contribution in [2.45, 2.75) is 19.6 Å². The zero-order chi connectivity index (χ0) is 15.3. The van der Waals surface area contributed by atoms with Crippen LogP contribution in [0.15, 0.2) is 48.5 Å². The lowest BCUT2D eigenvalue weighted by Gasteiger charge is -2.04. The topological polar surface area (TPSA) is 0 Å². The van der Waals surface area contributed by atoms with Crippen molar-refractivity contribution >= 4 is 30.7 Å². The second-order valence-electron chi connectivity index (χ2n) is 5.78. The van der Waals surface area contributed by atoms with Gasteiger partial charge in [0, 0.05) is 20.3 Å². The van der Waals surface area contributed by atoms with E-state index in [-0.39, 0.29) is 0 Å². The molecule has 0 aliphatic carbocycles. The van der Waals surface area contributed by atoms with Gasteiger partial charge >= 0.3 is 0 Å². The standard InChI is InChI=1S/C19H17ISi/c1-21(2,3)15-14-17-9-5-4-8-16(17)12-13-18-10-6-7-11-19(18)20/h4-11H,1-3H3. The molecule has 0 fully saturated rings. The van der Waals surface area contributed by atoms with Gasteiger partial charge in [-0.25, -0.2) is 0 Å². The molecular weight excluding hydrogens is 383 g/mol. The first-order valence-corrected chi connectivity index (χ1v) is 11.4. The van der Waals surface area contributed by atoms with Gasteiger partial charge in [0.15, 0.2) is 0 Å². The van der Waals surface area contributed by atoms with Crippen LogP contribution in [0.1, 0.15) is 16.7 Å². The van der Waals surface area contributed by atoms with Gasteiger partial charge in [0.05, 0.1) is 0 Å². The maximum atomic E-state index is 3.41. The number of rotatable bonds is 0. The summed E-state index contributed by atoms with van der Waals surface area (Å²) in [7, 11) is -1.37. The summed E-state index contributed by atoms with van der Waals surface area (Å²) in [5.41, 5.74) is 6.50. The molecule has 0 aliphatic heterocycles. The fourth-order valence-corrected chi connectivity index (χ4v) is 2.69. The van der Waals surface area contributed by atoms with Crippen LogP contribution in [0.4, 0.5) is 0 Å². The molecule has 2 aromatic carbocycles. The molecule has 0 N–H and O–H groups in total. The van der Waals surface area contributed by atoms with Crippen molar-refractivity contribution in [1.29, 1.82) is 0 Å². The third kappa shape index (κ3) is 5.08. The average molecular weight is 400 g/mol. The summed E-state index contributed by atoms with van der Waals surface area (Å²) in [6.07, 6.45) is 0. The Morgan fingerprint density at radius 3 is 1.76 bits per heavy atom. The fourth-order valence-electron chi connectivity index (χ4n) is 1.65. The van der Waals surface area contributed by atoms with Crippen molar-refractivity contribution in [3.8, 4) is 23.3 Å². The predicted octanol–water partition coefficient (Wildman–Crippen LogP) is 4.92. The van der Waals surface area contributed by atoms with Crippen molar-refractivity contribution in [1.82, 2.24) is 0 Å². The van der Waals surface area contributed by atoms with Crippen LogP contribution in [0.2, 0.25) is 19.6 Å². The largest absolute Gasteiger partial charge is 0.129 e. The molecule has 2 rings (SSSR count). The minimum Gasteiger partial charge on any atom is -0.127 e. The summed E-state index contributed by atoms with van der Waals surface area (Å²) >= 11 is 2.31. The van der Waals surface area contributed by atoms with Crippen LogP contribution >= 0.6 is 22.6 Å². The zero-order valence-electron chi connectivity index (χ0n) is 12.5. The molecule has 0 unspecified atom stereocenters. The minimum atomic E-state index is -1.37. The summed E-state index contributed by atoms with van der Waals surface area (Å²) in [4.78, 5) is 0. The highest BCUT2D eigenvalue weighted by Gasteiger charge is 2.07. The van der Waals surface area contributed by atoms with Gasteiger partial charge in [0.2, 0.25) is 0 Å². The molecule has 2 aromatic rings. The first kappa shape index (κ1) is 15.9. The van der Waals surface area contributed by atoms with E-state index < -0.39 is 8.07 Å². The smallest absolute Gasteiger partial charge is 0.127 e. The summed E-state index contributed by atoms with van der Waals surface area (Å²) < 4.78 is 1.17. The Kier molecular flexibility index (Phi) is 5.28. The van der Waals surface area contributed by atoms with Crippen molar-refractivity contribution < 1.29 is 0 Å². The van der Waals surface area contributed by atoms with Crippen LogP contribution in [0.5, 0.6) is 0 Å². The van der Waals surface area contributed by atoms with E-state index in [1.54, 1.807) is 0 Å². The predicted molar refractivity (Wildman–Crippen MR) is 102 cm³/mol. The molecule has 2 heteroatoms. The van der Waals surface area contributed by atoms with Crippen LogP contribution in [0.3, 0.4) is 0 Å². The van der Waals surface area contributed by atoms with E-state index in [0.29, 0.717) is 0 Å². The summed E-state index contributed by atoms with van der Waals surface area (Å²) in [6.45, 7) is 6.75. The second-order valence-corrected chi connectivity index (χ2v) is 11.7. The molecule has 0 radical (unpaired) electrons. The van der Waals surface area contributed by atoms with Crippen molar-refractivity contribution in [3.63, 3.8) is 0 Å². The Hall–Kier alpha value is -1.49. The van der Waals surface area contributed by atoms with E-state index in [9.17, 15) is 0 Å². The number of halogens is 1. The van der Waals surface area contributed by atoms with E-state index in [1.807, 2.05) is 42.5 Å². The van der Waals surface area contributed by atoms with E-state index in [2.05, 4.69) is 71.6 Å². The average Bonchev–Trinajstić information content (AvgIpc) is 2.44. The monoisotopic (exact) mass is 400 g/mol. The highest BCUT2D eigenvalue weighted by Crippen LogP contribution is 2.11. The van der Waals surface area contributed by atoms with E-state index >= 15 is 0 Å². The maximum Gasteiger partial charge on any atom is 0.129 e. The lowest BCUT2D eigenvalue weighted by atomic mass is 10.1. The first-order valence-electron chi connectivity index (χ1n) is 6.84. The number of hydrogen-bond donors (Lipinski definition) is 0. The Labute approximate surface area is 142 Å². The summed E-state index contributed by atoms with van der Waals surface area (Å²) in [5, 5.41) is 0. The molecular formula is C19H17ISi. The molecule has 0 aliphatic rings. The van der Waals surface area contributed by atoms with Crippen LogP contribution in [0, 0.1) is 26.9 Å². The van der Waals surface area contributed by atoms with Gasteiger partial charge in [-0.2, -0.15) is 0 Å². The van der Waals surface area contributed by atoms with E-state index in [0.717, 1.165) is 16.7 Å². The van der Waals surface area contributed by atoms with Crippen molar-refractivity contribution in [2.75, 3.05) is 0 Å². The minimum absolute atomic E-state index is 1.00. The van der Waals surface area contributed by atoms with Crippen molar-refractivity contribution in [2.24, 2.45) is 0 Å². The second kappa shape index (κ2) is 6.98. The summed E-state index contributed by atoms with van der Waals surface area (Å²) in [6, 6.07) is 16.3. The molecule has 0 bridgehead atoms. The SMILES string of the molecule is C[Si](C)(C)C#Cc1ccccc1C#Cc1ccccc1I. The van der Waals surface area contributed by atoms with E-state index in [4.69, 9.17) is 0 Å². The zero-order valence-corrected chi connectivity index (χ0v) is 15.7. The third-order valence-corrected chi connectivity index (χ3v) is 4.52. The lowest BCUT2D eigenvalue weighted by molar-refractivity contribution is 1.56. The van der Waals surface area contributed by atoms with Crippen LogP contribution in [0.25, 0.3) is 0 Å². The van der Waals surface area contributed by atoms with Gasteiger partial charge in [0.1, 0.15) is 8.07 Å². The fraction of sp³-hybridized carbons (Fsp3) is 0.158. The quantitative estimate of drug-likeness (QED) is 0.335. The van der Waals surface area contributed by atoms with Gasteiger partial charge < -0.3 is 0 Å². The molecule has 0 nitrogen and oxygen atoms in total. The van der Waals surface area contributed by atoms with Gasteiger partial charge in [-0.1, -0.05) is 61.7 Å². The maximum absolute atomic E-state index is 3.41. The molecule has 0 aromatic heterocycles. The van der Waals surface area contributed by atoms with Gasteiger partial charge in [0.25, 0.3) is 0 Å². The summed E-state index contributed by atoms with van der Waals surface area (Å²) in [5.74, 6) is 9.83. The molecule has 0 saturated carbocycles. The Morgan fingerprint density at radius 2 is 1.19 bits per heavy atom. The van der Waals surface area contributed by atoms with E-state index in [1.165, 1.54) is 3.57 Å². The number of benzene rings is 2. The lowest BCUT2D eigenvalue weighted by Crippen LogP contribution is -2.16. The van der Waals surface area contributed by atoms with Crippen LogP contribution in [-0.4, -0.2) is 8.07 Å². The molecule has 0 atom stereocenters. The molecule has 104 valence electrons. The van der Waals surface area contributed by atoms with Crippen LogP contribution < -0.4 is 0 Å². The van der Waals surface area contributed by atoms with Gasteiger partial charge in [-0.3, -0.25) is 0 Å². The highest BCUT2D eigenvalue weighted by atomic mass is 127. The molecule has 0 saturated heterocycles.